The second-order valence-corrected chi connectivity index (χ2v) is 7.69. The maximum atomic E-state index is 4.85. The van der Waals surface area contributed by atoms with Crippen LogP contribution in [0.1, 0.15) is 31.7 Å². The molecule has 0 saturated heterocycles. The highest BCUT2D eigenvalue weighted by Crippen LogP contribution is 2.26. The molecule has 32 heavy (non-hydrogen) atoms. The van der Waals surface area contributed by atoms with E-state index in [0.717, 1.165) is 23.1 Å². The minimum Gasteiger partial charge on any atom is -0.208 e. The molecule has 0 fully saturated rings. The fraction of sp³-hybridized carbons (Fsp3) is 0.138. The maximum Gasteiger partial charge on any atom is 0.164 e. The summed E-state index contributed by atoms with van der Waals surface area (Å²) in [5.74, 6) is 2.06. The normalized spacial score (nSPS) is 11.8. The highest BCUT2D eigenvalue weighted by molar-refractivity contribution is 5.73. The van der Waals surface area contributed by atoms with Crippen LogP contribution in [0.5, 0.6) is 0 Å². The molecule has 3 heteroatoms. The van der Waals surface area contributed by atoms with Gasteiger partial charge in [0.15, 0.2) is 17.5 Å². The fourth-order valence-electron chi connectivity index (χ4n) is 3.62. The first-order chi connectivity index (χ1) is 15.7. The number of aryl methyl sites for hydroxylation is 1. The lowest BCUT2D eigenvalue weighted by molar-refractivity contribution is 1.03. The van der Waals surface area contributed by atoms with Gasteiger partial charge in [0.2, 0.25) is 0 Å². The number of allylic oxidation sites excluding steroid dienone is 4. The van der Waals surface area contributed by atoms with Crippen molar-refractivity contribution < 1.29 is 0 Å². The van der Waals surface area contributed by atoms with E-state index in [4.69, 9.17) is 15.0 Å². The van der Waals surface area contributed by atoms with E-state index in [1.54, 1.807) is 0 Å². The zero-order valence-corrected chi connectivity index (χ0v) is 18.8. The van der Waals surface area contributed by atoms with Crippen LogP contribution in [-0.4, -0.2) is 15.0 Å². The van der Waals surface area contributed by atoms with Gasteiger partial charge in [-0.3, -0.25) is 0 Å². The molecule has 158 valence electrons. The minimum absolute atomic E-state index is 0.678. The second-order valence-electron chi connectivity index (χ2n) is 7.69. The van der Waals surface area contributed by atoms with Crippen LogP contribution in [0, 0.1) is 6.92 Å². The molecule has 1 aromatic heterocycles. The Hall–Kier alpha value is -3.85. The number of rotatable bonds is 6. The van der Waals surface area contributed by atoms with E-state index in [9.17, 15) is 0 Å². The molecule has 0 N–H and O–H groups in total. The third kappa shape index (κ3) is 4.89. The molecule has 0 aliphatic rings. The van der Waals surface area contributed by atoms with Gasteiger partial charge < -0.3 is 0 Å². The lowest BCUT2D eigenvalue weighted by atomic mass is 10.0. The number of aromatic nitrogens is 3. The van der Waals surface area contributed by atoms with Gasteiger partial charge in [0, 0.05) is 16.7 Å². The summed E-state index contributed by atoms with van der Waals surface area (Å²) < 4.78 is 0. The molecule has 4 aromatic rings. The molecular formula is C29H27N3. The maximum absolute atomic E-state index is 4.85. The third-order valence-electron chi connectivity index (χ3n) is 5.19. The van der Waals surface area contributed by atoms with Crippen molar-refractivity contribution in [3.8, 4) is 33.9 Å². The summed E-state index contributed by atoms with van der Waals surface area (Å²) in [6.07, 6.45) is 7.14. The van der Waals surface area contributed by atoms with Gasteiger partial charge in [0.1, 0.15) is 0 Å². The molecule has 0 amide bonds. The molecule has 1 heterocycles. The van der Waals surface area contributed by atoms with Crippen molar-refractivity contribution in [2.75, 3.05) is 0 Å². The lowest BCUT2D eigenvalue weighted by Gasteiger charge is -2.10. The molecule has 0 spiro atoms. The van der Waals surface area contributed by atoms with Gasteiger partial charge in [0.25, 0.3) is 0 Å². The average Bonchev–Trinajstić information content (AvgIpc) is 2.84. The van der Waals surface area contributed by atoms with E-state index in [-0.39, 0.29) is 0 Å². The van der Waals surface area contributed by atoms with Crippen LogP contribution in [0.3, 0.4) is 0 Å². The number of benzene rings is 3. The monoisotopic (exact) mass is 417 g/mol. The standard InChI is InChI=1S/C29H27N3/c1-4-10-24(11-5-2)27-30-28(32-29(31-27)26-15-9-12-21(3)20-26)25-18-16-23(17-19-25)22-13-7-6-8-14-22/h4,6-20H,5H2,1-3H3/b10-4-,24-11+. The summed E-state index contributed by atoms with van der Waals surface area (Å²) in [4.78, 5) is 14.5. The fourth-order valence-corrected chi connectivity index (χ4v) is 3.62. The number of hydrogen-bond acceptors (Lipinski definition) is 3. The Labute approximate surface area is 190 Å². The summed E-state index contributed by atoms with van der Waals surface area (Å²) in [6.45, 7) is 6.21. The molecule has 4 rings (SSSR count). The van der Waals surface area contributed by atoms with Crippen LogP contribution >= 0.6 is 0 Å². The molecule has 3 nitrogen and oxygen atoms in total. The second kappa shape index (κ2) is 9.97. The van der Waals surface area contributed by atoms with Crippen LogP contribution in [0.2, 0.25) is 0 Å². The molecule has 0 unspecified atom stereocenters. The Balaban J connectivity index is 1.83. The molecule has 0 atom stereocenters. The quantitative estimate of drug-likeness (QED) is 0.304. The van der Waals surface area contributed by atoms with Gasteiger partial charge in [-0.1, -0.05) is 104 Å². The van der Waals surface area contributed by atoms with Gasteiger partial charge in [-0.15, -0.1) is 0 Å². The van der Waals surface area contributed by atoms with Crippen molar-refractivity contribution in [1.29, 1.82) is 0 Å². The summed E-state index contributed by atoms with van der Waals surface area (Å²) in [5, 5.41) is 0. The minimum atomic E-state index is 0.678. The summed E-state index contributed by atoms with van der Waals surface area (Å²) in [7, 11) is 0. The van der Waals surface area contributed by atoms with Crippen molar-refractivity contribution in [1.82, 2.24) is 15.0 Å². The van der Waals surface area contributed by atoms with Crippen molar-refractivity contribution >= 4 is 5.57 Å². The molecule has 0 aliphatic heterocycles. The van der Waals surface area contributed by atoms with Crippen LogP contribution in [0.15, 0.2) is 97.1 Å². The Morgan fingerprint density at radius 3 is 2.00 bits per heavy atom. The van der Waals surface area contributed by atoms with Crippen LogP contribution in [0.25, 0.3) is 39.5 Å². The first-order valence-corrected chi connectivity index (χ1v) is 11.0. The Morgan fingerprint density at radius 2 is 1.34 bits per heavy atom. The van der Waals surface area contributed by atoms with E-state index in [1.807, 2.05) is 31.2 Å². The van der Waals surface area contributed by atoms with Crippen LogP contribution < -0.4 is 0 Å². The SMILES string of the molecule is C/C=C\C(=C/CC)c1nc(-c2ccc(-c3ccccc3)cc2)nc(-c2cccc(C)c2)n1. The topological polar surface area (TPSA) is 38.7 Å². The zero-order valence-electron chi connectivity index (χ0n) is 18.8. The predicted molar refractivity (Wildman–Crippen MR) is 134 cm³/mol. The van der Waals surface area contributed by atoms with Gasteiger partial charge in [-0.05, 0) is 37.5 Å². The van der Waals surface area contributed by atoms with Crippen molar-refractivity contribution in [3.63, 3.8) is 0 Å². The predicted octanol–water partition coefficient (Wildman–Crippen LogP) is 7.55. The zero-order chi connectivity index (χ0) is 22.3. The Bertz CT molecular complexity index is 1250. The molecule has 3 aromatic carbocycles. The summed E-state index contributed by atoms with van der Waals surface area (Å²) >= 11 is 0. The van der Waals surface area contributed by atoms with Gasteiger partial charge in [0.05, 0.1) is 0 Å². The van der Waals surface area contributed by atoms with Crippen molar-refractivity contribution in [2.45, 2.75) is 27.2 Å². The highest BCUT2D eigenvalue weighted by atomic mass is 15.0. The Kier molecular flexibility index (Phi) is 6.66. The average molecular weight is 418 g/mol. The molecule has 0 bridgehead atoms. The van der Waals surface area contributed by atoms with Crippen molar-refractivity contribution in [3.05, 3.63) is 108 Å². The number of nitrogens with zero attached hydrogens (tertiary/aromatic N) is 3. The molecule has 0 radical (unpaired) electrons. The molecule has 0 aliphatic carbocycles. The third-order valence-corrected chi connectivity index (χ3v) is 5.19. The summed E-state index contributed by atoms with van der Waals surface area (Å²) in [6, 6.07) is 27.1. The number of hydrogen-bond donors (Lipinski definition) is 0. The van der Waals surface area contributed by atoms with E-state index in [2.05, 4.69) is 86.7 Å². The van der Waals surface area contributed by atoms with E-state index in [0.29, 0.717) is 17.5 Å². The largest absolute Gasteiger partial charge is 0.208 e. The van der Waals surface area contributed by atoms with E-state index < -0.39 is 0 Å². The van der Waals surface area contributed by atoms with Crippen LogP contribution in [0.4, 0.5) is 0 Å². The van der Waals surface area contributed by atoms with Crippen LogP contribution in [-0.2, 0) is 0 Å². The molecular weight excluding hydrogens is 390 g/mol. The first-order valence-electron chi connectivity index (χ1n) is 11.0. The molecule has 0 saturated carbocycles. The van der Waals surface area contributed by atoms with Crippen molar-refractivity contribution in [2.24, 2.45) is 0 Å². The first kappa shape index (κ1) is 21.4. The van der Waals surface area contributed by atoms with Gasteiger partial charge >= 0.3 is 0 Å². The van der Waals surface area contributed by atoms with E-state index >= 15 is 0 Å². The van der Waals surface area contributed by atoms with E-state index in [1.165, 1.54) is 16.7 Å². The summed E-state index contributed by atoms with van der Waals surface area (Å²) in [5.41, 5.74) is 6.51. The Morgan fingerprint density at radius 1 is 0.719 bits per heavy atom. The van der Waals surface area contributed by atoms with Gasteiger partial charge in [-0.25, -0.2) is 15.0 Å². The highest BCUT2D eigenvalue weighted by Gasteiger charge is 2.13. The smallest absolute Gasteiger partial charge is 0.164 e. The lowest BCUT2D eigenvalue weighted by Crippen LogP contribution is -2.02. The van der Waals surface area contributed by atoms with Gasteiger partial charge in [-0.2, -0.15) is 0 Å².